The summed E-state index contributed by atoms with van der Waals surface area (Å²) in [6.07, 6.45) is -0.0970. The van der Waals surface area contributed by atoms with E-state index in [0.717, 1.165) is 5.56 Å². The number of carbonyl (C=O) groups excluding carboxylic acids is 1. The molecule has 0 saturated heterocycles. The van der Waals surface area contributed by atoms with Crippen LogP contribution < -0.4 is 5.32 Å². The first-order chi connectivity index (χ1) is 8.32. The molecular weight excluding hydrogens is 230 g/mol. The van der Waals surface area contributed by atoms with E-state index < -0.39 is 11.5 Å². The monoisotopic (exact) mass is 249 g/mol. The Morgan fingerprint density at radius 3 is 2.33 bits per heavy atom. The van der Waals surface area contributed by atoms with E-state index in [0.29, 0.717) is 0 Å². The van der Waals surface area contributed by atoms with Crippen LogP contribution in [0.15, 0.2) is 30.3 Å². The van der Waals surface area contributed by atoms with E-state index in [9.17, 15) is 9.59 Å². The molecule has 0 bridgehead atoms. The van der Waals surface area contributed by atoms with Crippen LogP contribution in [0.3, 0.4) is 0 Å². The van der Waals surface area contributed by atoms with Gasteiger partial charge < -0.3 is 10.4 Å². The first kappa shape index (κ1) is 14.2. The SMILES string of the molecule is CC(C(=O)NC(C)(C)CC(=O)O)c1ccccc1. The molecule has 4 heteroatoms. The smallest absolute Gasteiger partial charge is 0.305 e. The average Bonchev–Trinajstić information content (AvgIpc) is 2.26. The lowest BCUT2D eigenvalue weighted by Gasteiger charge is -2.26. The lowest BCUT2D eigenvalue weighted by Crippen LogP contribution is -2.46. The molecule has 0 aliphatic heterocycles. The van der Waals surface area contributed by atoms with Gasteiger partial charge in [0.15, 0.2) is 0 Å². The Bertz CT molecular complexity index is 426. The second-order valence-corrected chi connectivity index (χ2v) is 5.08. The zero-order valence-corrected chi connectivity index (χ0v) is 10.9. The average molecular weight is 249 g/mol. The number of amides is 1. The lowest BCUT2D eigenvalue weighted by molar-refractivity contribution is -0.138. The zero-order valence-electron chi connectivity index (χ0n) is 10.9. The molecule has 0 heterocycles. The molecule has 1 aromatic rings. The maximum Gasteiger partial charge on any atom is 0.305 e. The highest BCUT2D eigenvalue weighted by molar-refractivity contribution is 5.84. The molecule has 0 aliphatic carbocycles. The van der Waals surface area contributed by atoms with Crippen molar-refractivity contribution < 1.29 is 14.7 Å². The molecule has 1 amide bonds. The van der Waals surface area contributed by atoms with Crippen LogP contribution in [0.1, 0.15) is 38.7 Å². The molecule has 18 heavy (non-hydrogen) atoms. The number of rotatable bonds is 5. The molecule has 0 aliphatic rings. The van der Waals surface area contributed by atoms with Crippen molar-refractivity contribution in [2.45, 2.75) is 38.6 Å². The topological polar surface area (TPSA) is 66.4 Å². The summed E-state index contributed by atoms with van der Waals surface area (Å²) in [4.78, 5) is 22.7. The molecule has 98 valence electrons. The molecule has 4 nitrogen and oxygen atoms in total. The summed E-state index contributed by atoms with van der Waals surface area (Å²) in [5.74, 6) is -1.38. The van der Waals surface area contributed by atoms with Crippen LogP contribution in [0.5, 0.6) is 0 Å². The third-order valence-corrected chi connectivity index (χ3v) is 2.75. The molecule has 2 N–H and O–H groups in total. The van der Waals surface area contributed by atoms with E-state index in [-0.39, 0.29) is 18.2 Å². The van der Waals surface area contributed by atoms with Crippen LogP contribution >= 0.6 is 0 Å². The molecule has 0 radical (unpaired) electrons. The van der Waals surface area contributed by atoms with Crippen molar-refractivity contribution in [3.05, 3.63) is 35.9 Å². The summed E-state index contributed by atoms with van der Waals surface area (Å²) in [7, 11) is 0. The summed E-state index contributed by atoms with van der Waals surface area (Å²) in [5, 5.41) is 11.5. The van der Waals surface area contributed by atoms with E-state index in [2.05, 4.69) is 5.32 Å². The van der Waals surface area contributed by atoms with E-state index >= 15 is 0 Å². The van der Waals surface area contributed by atoms with Crippen molar-refractivity contribution in [2.24, 2.45) is 0 Å². The maximum atomic E-state index is 12.0. The number of hydrogen-bond acceptors (Lipinski definition) is 2. The van der Waals surface area contributed by atoms with Crippen molar-refractivity contribution >= 4 is 11.9 Å². The molecule has 1 unspecified atom stereocenters. The van der Waals surface area contributed by atoms with Crippen LogP contribution in [-0.2, 0) is 9.59 Å². The van der Waals surface area contributed by atoms with E-state index in [1.54, 1.807) is 13.8 Å². The fraction of sp³-hybridized carbons (Fsp3) is 0.429. The van der Waals surface area contributed by atoms with Gasteiger partial charge in [0.2, 0.25) is 5.91 Å². The number of carboxylic acid groups (broad SMARTS) is 1. The van der Waals surface area contributed by atoms with Gasteiger partial charge in [0, 0.05) is 5.54 Å². The highest BCUT2D eigenvalue weighted by atomic mass is 16.4. The molecule has 0 saturated carbocycles. The molecular formula is C14H19NO3. The fourth-order valence-electron chi connectivity index (χ4n) is 1.76. The normalized spacial score (nSPS) is 12.8. The van der Waals surface area contributed by atoms with Crippen LogP contribution in [0.25, 0.3) is 0 Å². The van der Waals surface area contributed by atoms with Gasteiger partial charge in [0.25, 0.3) is 0 Å². The van der Waals surface area contributed by atoms with Gasteiger partial charge in [-0.3, -0.25) is 9.59 Å². The van der Waals surface area contributed by atoms with Gasteiger partial charge in [-0.15, -0.1) is 0 Å². The quantitative estimate of drug-likeness (QED) is 0.840. The highest BCUT2D eigenvalue weighted by Crippen LogP contribution is 2.17. The summed E-state index contributed by atoms with van der Waals surface area (Å²) in [5.41, 5.74) is 0.174. The minimum Gasteiger partial charge on any atom is -0.481 e. The van der Waals surface area contributed by atoms with E-state index in [1.165, 1.54) is 0 Å². The molecule has 0 fully saturated rings. The Kier molecular flexibility index (Phi) is 4.48. The second kappa shape index (κ2) is 5.67. The van der Waals surface area contributed by atoms with Gasteiger partial charge >= 0.3 is 5.97 Å². The number of aliphatic carboxylic acids is 1. The summed E-state index contributed by atoms with van der Waals surface area (Å²) < 4.78 is 0. The van der Waals surface area contributed by atoms with Gasteiger partial charge in [-0.25, -0.2) is 0 Å². The third-order valence-electron chi connectivity index (χ3n) is 2.75. The fourth-order valence-corrected chi connectivity index (χ4v) is 1.76. The molecule has 1 rings (SSSR count). The molecule has 1 atom stereocenters. The summed E-state index contributed by atoms with van der Waals surface area (Å²) >= 11 is 0. The maximum absolute atomic E-state index is 12.0. The third kappa shape index (κ3) is 4.20. The van der Waals surface area contributed by atoms with Crippen molar-refractivity contribution in [1.29, 1.82) is 0 Å². The standard InChI is InChI=1S/C14H19NO3/c1-10(11-7-5-4-6-8-11)13(18)15-14(2,3)9-12(16)17/h4-8,10H,9H2,1-3H3,(H,15,18)(H,16,17). The predicted molar refractivity (Wildman–Crippen MR) is 69.3 cm³/mol. The van der Waals surface area contributed by atoms with Crippen LogP contribution in [0.2, 0.25) is 0 Å². The van der Waals surface area contributed by atoms with Crippen molar-refractivity contribution in [1.82, 2.24) is 5.32 Å². The van der Waals surface area contributed by atoms with Gasteiger partial charge in [-0.2, -0.15) is 0 Å². The summed E-state index contributed by atoms with van der Waals surface area (Å²) in [6.45, 7) is 5.22. The minimum absolute atomic E-state index is 0.0970. The Labute approximate surface area is 107 Å². The Balaban J connectivity index is 2.68. The number of carboxylic acids is 1. The van der Waals surface area contributed by atoms with Crippen LogP contribution in [0, 0.1) is 0 Å². The lowest BCUT2D eigenvalue weighted by atomic mass is 9.96. The molecule has 0 aromatic heterocycles. The van der Waals surface area contributed by atoms with Crippen molar-refractivity contribution in [2.75, 3.05) is 0 Å². The first-order valence-electron chi connectivity index (χ1n) is 5.90. The number of hydrogen-bond donors (Lipinski definition) is 2. The van der Waals surface area contributed by atoms with E-state index in [1.807, 2.05) is 37.3 Å². The highest BCUT2D eigenvalue weighted by Gasteiger charge is 2.26. The number of benzene rings is 1. The largest absolute Gasteiger partial charge is 0.481 e. The first-order valence-corrected chi connectivity index (χ1v) is 5.90. The van der Waals surface area contributed by atoms with Crippen molar-refractivity contribution in [3.63, 3.8) is 0 Å². The minimum atomic E-state index is -0.923. The van der Waals surface area contributed by atoms with Gasteiger partial charge in [0.1, 0.15) is 0 Å². The predicted octanol–water partition coefficient (Wildman–Crippen LogP) is 2.16. The van der Waals surface area contributed by atoms with Gasteiger partial charge in [-0.1, -0.05) is 30.3 Å². The van der Waals surface area contributed by atoms with Gasteiger partial charge in [-0.05, 0) is 26.3 Å². The van der Waals surface area contributed by atoms with E-state index in [4.69, 9.17) is 5.11 Å². The Morgan fingerprint density at radius 1 is 1.28 bits per heavy atom. The zero-order chi connectivity index (χ0) is 13.8. The van der Waals surface area contributed by atoms with Crippen LogP contribution in [-0.4, -0.2) is 22.5 Å². The molecule has 0 spiro atoms. The van der Waals surface area contributed by atoms with Crippen LogP contribution in [0.4, 0.5) is 0 Å². The molecule has 1 aromatic carbocycles. The Morgan fingerprint density at radius 2 is 1.83 bits per heavy atom. The number of nitrogens with one attached hydrogen (secondary N) is 1. The Hall–Kier alpha value is -1.84. The second-order valence-electron chi connectivity index (χ2n) is 5.08. The van der Waals surface area contributed by atoms with Gasteiger partial charge in [0.05, 0.1) is 12.3 Å². The van der Waals surface area contributed by atoms with Crippen molar-refractivity contribution in [3.8, 4) is 0 Å². The number of carbonyl (C=O) groups is 2. The summed E-state index contributed by atoms with van der Waals surface area (Å²) in [6, 6.07) is 9.41.